The van der Waals surface area contributed by atoms with Crippen molar-refractivity contribution < 1.29 is 24.2 Å². The zero-order valence-electron chi connectivity index (χ0n) is 19.1. The highest BCUT2D eigenvalue weighted by Gasteiger charge is 2.42. The molecule has 0 bridgehead atoms. The van der Waals surface area contributed by atoms with Crippen molar-refractivity contribution >= 4 is 18.3 Å². The third-order valence-corrected chi connectivity index (χ3v) is 6.48. The Balaban J connectivity index is 0.00000101. The number of nitrogens with zero attached hydrogens (tertiary/aromatic N) is 3. The molecule has 3 fully saturated rings. The van der Waals surface area contributed by atoms with Crippen molar-refractivity contribution in [3.63, 3.8) is 0 Å². The van der Waals surface area contributed by atoms with Gasteiger partial charge in [0, 0.05) is 26.2 Å². The van der Waals surface area contributed by atoms with Gasteiger partial charge in [-0.05, 0) is 51.1 Å². The Morgan fingerprint density at radius 1 is 1.27 bits per heavy atom. The molecule has 1 atom stereocenters. The summed E-state index contributed by atoms with van der Waals surface area (Å²) in [7, 11) is 2.05. The van der Waals surface area contributed by atoms with Gasteiger partial charge in [-0.25, -0.2) is 0 Å². The monoisotopic (exact) mass is 425 g/mol. The molecule has 3 aliphatic heterocycles. The molecule has 0 aromatic carbocycles. The average Bonchev–Trinajstić information content (AvgIpc) is 3.04. The molecule has 0 aliphatic carbocycles. The summed E-state index contributed by atoms with van der Waals surface area (Å²) in [5.74, 6) is 0.487. The van der Waals surface area contributed by atoms with E-state index >= 15 is 0 Å². The number of hydrogen-bond acceptors (Lipinski definition) is 5. The predicted octanol–water partition coefficient (Wildman–Crippen LogP) is 1.83. The van der Waals surface area contributed by atoms with E-state index in [-0.39, 0.29) is 35.3 Å². The van der Waals surface area contributed by atoms with Crippen LogP contribution in [0.5, 0.6) is 0 Å². The maximum absolute atomic E-state index is 12.9. The summed E-state index contributed by atoms with van der Waals surface area (Å²) >= 11 is 0. The van der Waals surface area contributed by atoms with Crippen LogP contribution in [0, 0.1) is 5.41 Å². The quantitative estimate of drug-likeness (QED) is 0.694. The van der Waals surface area contributed by atoms with E-state index in [1.54, 1.807) is 0 Å². The number of hydrogen-bond donors (Lipinski definition) is 1. The lowest BCUT2D eigenvalue weighted by Crippen LogP contribution is -2.55. The SMILES string of the molecule is CN1CCC[C@H]1C(=O)N1CCC2(CC1)CN(CCC(C)(C)C)C(=O)CCO2.O=CO. The minimum absolute atomic E-state index is 0.0546. The molecule has 0 radical (unpaired) electrons. The van der Waals surface area contributed by atoms with Gasteiger partial charge < -0.3 is 19.6 Å². The van der Waals surface area contributed by atoms with Gasteiger partial charge in [-0.1, -0.05) is 20.8 Å². The first-order valence-corrected chi connectivity index (χ1v) is 11.1. The summed E-state index contributed by atoms with van der Waals surface area (Å²) in [4.78, 5) is 40.0. The van der Waals surface area contributed by atoms with Crippen molar-refractivity contribution in [1.29, 1.82) is 0 Å². The Morgan fingerprint density at radius 2 is 1.90 bits per heavy atom. The summed E-state index contributed by atoms with van der Waals surface area (Å²) in [6, 6.07) is 0.0546. The maximum atomic E-state index is 12.9. The van der Waals surface area contributed by atoms with Crippen LogP contribution in [-0.2, 0) is 19.1 Å². The van der Waals surface area contributed by atoms with E-state index in [1.165, 1.54) is 0 Å². The van der Waals surface area contributed by atoms with Crippen molar-refractivity contribution in [3.8, 4) is 0 Å². The lowest BCUT2D eigenvalue weighted by molar-refractivity contribution is -0.143. The van der Waals surface area contributed by atoms with Crippen LogP contribution in [0.25, 0.3) is 0 Å². The van der Waals surface area contributed by atoms with Gasteiger partial charge in [0.15, 0.2) is 0 Å². The molecule has 1 N–H and O–H groups in total. The van der Waals surface area contributed by atoms with Crippen LogP contribution in [0.1, 0.15) is 59.3 Å². The van der Waals surface area contributed by atoms with Crippen molar-refractivity contribution in [3.05, 3.63) is 0 Å². The number of likely N-dealkylation sites (N-methyl/N-ethyl adjacent to an activating group) is 1. The Labute approximate surface area is 180 Å². The standard InChI is InChI=1S/C21H37N3O3.CH2O2/c1-20(2,3)8-12-24-16-21(27-15-7-18(24)25)9-13-23(14-10-21)19(26)17-6-5-11-22(17)4;2-1-3/h17H,5-16H2,1-4H3;1H,(H,2,3)/t17-;/m0./s1. The number of carboxylic acid groups (broad SMARTS) is 1. The molecular formula is C22H39N3O5. The highest BCUT2D eigenvalue weighted by Crippen LogP contribution is 2.32. The molecule has 1 spiro atoms. The van der Waals surface area contributed by atoms with E-state index in [2.05, 4.69) is 25.7 Å². The van der Waals surface area contributed by atoms with Crippen LogP contribution in [-0.4, -0.2) is 96.1 Å². The van der Waals surface area contributed by atoms with Crippen LogP contribution >= 0.6 is 0 Å². The van der Waals surface area contributed by atoms with Gasteiger partial charge in [0.2, 0.25) is 11.8 Å². The molecule has 0 aromatic rings. The van der Waals surface area contributed by atoms with Gasteiger partial charge in [0.05, 0.1) is 24.7 Å². The third kappa shape index (κ3) is 6.67. The zero-order valence-corrected chi connectivity index (χ0v) is 19.1. The number of likely N-dealkylation sites (tertiary alicyclic amines) is 2. The van der Waals surface area contributed by atoms with Gasteiger partial charge in [0.25, 0.3) is 6.47 Å². The van der Waals surface area contributed by atoms with Gasteiger partial charge in [0.1, 0.15) is 0 Å². The summed E-state index contributed by atoms with van der Waals surface area (Å²) in [6.45, 7) is 10.9. The molecule has 8 heteroatoms. The Kier molecular flexibility index (Phi) is 8.67. The zero-order chi connectivity index (χ0) is 22.4. The Morgan fingerprint density at radius 3 is 2.43 bits per heavy atom. The van der Waals surface area contributed by atoms with E-state index in [1.807, 2.05) is 16.8 Å². The largest absolute Gasteiger partial charge is 0.483 e. The highest BCUT2D eigenvalue weighted by molar-refractivity contribution is 5.82. The summed E-state index contributed by atoms with van der Waals surface area (Å²) < 4.78 is 6.23. The lowest BCUT2D eigenvalue weighted by Gasteiger charge is -2.43. The molecule has 3 saturated heterocycles. The van der Waals surface area contributed by atoms with E-state index in [0.717, 1.165) is 58.3 Å². The predicted molar refractivity (Wildman–Crippen MR) is 114 cm³/mol. The molecule has 172 valence electrons. The molecule has 0 aromatic heterocycles. The second-order valence-electron chi connectivity index (χ2n) is 9.98. The average molecular weight is 426 g/mol. The van der Waals surface area contributed by atoms with Crippen molar-refractivity contribution in [1.82, 2.24) is 14.7 Å². The van der Waals surface area contributed by atoms with Crippen molar-refractivity contribution in [2.24, 2.45) is 5.41 Å². The smallest absolute Gasteiger partial charge is 0.290 e. The fourth-order valence-corrected chi connectivity index (χ4v) is 4.54. The Bertz CT molecular complexity index is 596. The molecule has 8 nitrogen and oxygen atoms in total. The molecule has 3 aliphatic rings. The van der Waals surface area contributed by atoms with Crippen LogP contribution in [0.3, 0.4) is 0 Å². The van der Waals surface area contributed by atoms with Crippen LogP contribution < -0.4 is 0 Å². The Hall–Kier alpha value is -1.67. The fraction of sp³-hybridized carbons (Fsp3) is 0.864. The van der Waals surface area contributed by atoms with Crippen molar-refractivity contribution in [2.45, 2.75) is 70.9 Å². The minimum Gasteiger partial charge on any atom is -0.483 e. The van der Waals surface area contributed by atoms with E-state index in [0.29, 0.717) is 19.6 Å². The van der Waals surface area contributed by atoms with Gasteiger partial charge in [-0.2, -0.15) is 0 Å². The lowest BCUT2D eigenvalue weighted by atomic mass is 9.88. The number of piperidine rings is 1. The number of amides is 2. The first-order chi connectivity index (χ1) is 14.1. The normalized spacial score (nSPS) is 24.9. The molecule has 3 rings (SSSR count). The number of carbonyl (C=O) groups is 3. The summed E-state index contributed by atoms with van der Waals surface area (Å²) in [5, 5.41) is 6.89. The van der Waals surface area contributed by atoms with E-state index in [9.17, 15) is 9.59 Å². The number of carbonyl (C=O) groups excluding carboxylic acids is 2. The first kappa shape index (κ1) is 24.6. The molecule has 2 amide bonds. The molecule has 3 heterocycles. The molecular weight excluding hydrogens is 386 g/mol. The van der Waals surface area contributed by atoms with Gasteiger partial charge >= 0.3 is 0 Å². The van der Waals surface area contributed by atoms with Gasteiger partial charge in [-0.15, -0.1) is 0 Å². The van der Waals surface area contributed by atoms with E-state index < -0.39 is 0 Å². The number of ether oxygens (including phenoxy) is 1. The van der Waals surface area contributed by atoms with Crippen LogP contribution in [0.2, 0.25) is 0 Å². The van der Waals surface area contributed by atoms with E-state index in [4.69, 9.17) is 14.6 Å². The molecule has 0 saturated carbocycles. The molecule has 0 unspecified atom stereocenters. The van der Waals surface area contributed by atoms with Crippen LogP contribution in [0.4, 0.5) is 0 Å². The van der Waals surface area contributed by atoms with Crippen LogP contribution in [0.15, 0.2) is 0 Å². The third-order valence-electron chi connectivity index (χ3n) is 6.48. The van der Waals surface area contributed by atoms with Crippen molar-refractivity contribution in [2.75, 3.05) is 46.4 Å². The number of rotatable bonds is 3. The topological polar surface area (TPSA) is 90.4 Å². The minimum atomic E-state index is -0.275. The maximum Gasteiger partial charge on any atom is 0.290 e. The summed E-state index contributed by atoms with van der Waals surface area (Å²) in [6.07, 6.45) is 5.21. The second kappa shape index (κ2) is 10.6. The van der Waals surface area contributed by atoms with Gasteiger partial charge in [-0.3, -0.25) is 19.3 Å². The fourth-order valence-electron chi connectivity index (χ4n) is 4.54. The summed E-state index contributed by atoms with van der Waals surface area (Å²) in [5.41, 5.74) is -0.0634. The molecule has 30 heavy (non-hydrogen) atoms. The first-order valence-electron chi connectivity index (χ1n) is 11.1. The highest BCUT2D eigenvalue weighted by atomic mass is 16.5. The second-order valence-corrected chi connectivity index (χ2v) is 9.98.